The van der Waals surface area contributed by atoms with Crippen molar-refractivity contribution in [2.24, 2.45) is 11.1 Å². The van der Waals surface area contributed by atoms with Gasteiger partial charge in [0.2, 0.25) is 5.91 Å². The summed E-state index contributed by atoms with van der Waals surface area (Å²) in [6, 6.07) is 9.81. The second kappa shape index (κ2) is 5.32. The molecular weight excluding hydrogens is 212 g/mol. The van der Waals surface area contributed by atoms with Crippen molar-refractivity contribution in [3.05, 3.63) is 35.9 Å². The van der Waals surface area contributed by atoms with E-state index in [0.717, 1.165) is 24.9 Å². The van der Waals surface area contributed by atoms with Gasteiger partial charge in [-0.2, -0.15) is 0 Å². The average Bonchev–Trinajstić information content (AvgIpc) is 2.29. The Labute approximate surface area is 102 Å². The van der Waals surface area contributed by atoms with Crippen LogP contribution in [0.1, 0.15) is 24.8 Å². The molecule has 0 saturated heterocycles. The molecule has 1 amide bonds. The van der Waals surface area contributed by atoms with Gasteiger partial charge in [0, 0.05) is 6.54 Å². The summed E-state index contributed by atoms with van der Waals surface area (Å²) < 4.78 is 0. The van der Waals surface area contributed by atoms with Crippen molar-refractivity contribution in [2.45, 2.75) is 25.7 Å². The molecule has 1 fully saturated rings. The van der Waals surface area contributed by atoms with E-state index in [1.165, 1.54) is 6.42 Å². The van der Waals surface area contributed by atoms with Crippen LogP contribution in [-0.2, 0) is 11.2 Å². The molecule has 17 heavy (non-hydrogen) atoms. The molecule has 1 saturated carbocycles. The second-order valence-electron chi connectivity index (χ2n) is 5.00. The van der Waals surface area contributed by atoms with Gasteiger partial charge in [0.1, 0.15) is 0 Å². The molecule has 1 aliphatic rings. The Morgan fingerprint density at radius 1 is 1.29 bits per heavy atom. The molecule has 0 aliphatic heterocycles. The minimum atomic E-state index is 0.0934. The lowest BCUT2D eigenvalue weighted by atomic mass is 9.69. The van der Waals surface area contributed by atoms with Crippen LogP contribution in [0, 0.1) is 5.41 Å². The van der Waals surface area contributed by atoms with Crippen LogP contribution in [0.5, 0.6) is 0 Å². The fraction of sp³-hybridized carbons (Fsp3) is 0.500. The van der Waals surface area contributed by atoms with E-state index in [0.29, 0.717) is 13.0 Å². The quantitative estimate of drug-likeness (QED) is 0.808. The molecule has 0 unspecified atom stereocenters. The van der Waals surface area contributed by atoms with Gasteiger partial charge in [-0.25, -0.2) is 0 Å². The minimum Gasteiger partial charge on any atom is -0.355 e. The summed E-state index contributed by atoms with van der Waals surface area (Å²) in [6.07, 6.45) is 4.00. The number of nitrogens with two attached hydrogens (primary N) is 1. The van der Waals surface area contributed by atoms with E-state index >= 15 is 0 Å². The lowest BCUT2D eigenvalue weighted by Crippen LogP contribution is -2.47. The number of carbonyl (C=O) groups is 1. The third-order valence-electron chi connectivity index (χ3n) is 3.72. The first-order chi connectivity index (χ1) is 8.24. The highest BCUT2D eigenvalue weighted by molar-refractivity contribution is 5.78. The molecule has 0 atom stereocenters. The molecule has 1 aromatic carbocycles. The highest BCUT2D eigenvalue weighted by Crippen LogP contribution is 2.39. The maximum Gasteiger partial charge on any atom is 0.224 e. The van der Waals surface area contributed by atoms with Crippen LogP contribution < -0.4 is 11.1 Å². The van der Waals surface area contributed by atoms with Crippen LogP contribution >= 0.6 is 0 Å². The predicted octanol–water partition coefficient (Wildman–Crippen LogP) is 1.47. The third-order valence-corrected chi connectivity index (χ3v) is 3.72. The van der Waals surface area contributed by atoms with Crippen LogP contribution in [0.15, 0.2) is 30.3 Å². The van der Waals surface area contributed by atoms with E-state index in [4.69, 9.17) is 5.73 Å². The normalized spacial score (nSPS) is 17.2. The van der Waals surface area contributed by atoms with E-state index in [1.807, 2.05) is 30.3 Å². The molecule has 1 aliphatic carbocycles. The maximum absolute atomic E-state index is 11.8. The molecule has 0 radical (unpaired) electrons. The fourth-order valence-electron chi connectivity index (χ4n) is 2.26. The Balaban J connectivity index is 1.78. The largest absolute Gasteiger partial charge is 0.355 e. The van der Waals surface area contributed by atoms with Gasteiger partial charge in [0.15, 0.2) is 0 Å². The predicted molar refractivity (Wildman–Crippen MR) is 68.5 cm³/mol. The number of nitrogens with one attached hydrogen (secondary N) is 1. The average molecular weight is 232 g/mol. The third kappa shape index (κ3) is 3.07. The van der Waals surface area contributed by atoms with Gasteiger partial charge in [0.25, 0.3) is 0 Å². The first-order valence-electron chi connectivity index (χ1n) is 6.25. The van der Waals surface area contributed by atoms with Crippen LogP contribution in [0.25, 0.3) is 0 Å². The van der Waals surface area contributed by atoms with E-state index in [1.54, 1.807) is 0 Å². The van der Waals surface area contributed by atoms with Crippen molar-refractivity contribution in [3.8, 4) is 0 Å². The van der Waals surface area contributed by atoms with Gasteiger partial charge in [-0.1, -0.05) is 36.8 Å². The molecule has 1 aromatic rings. The van der Waals surface area contributed by atoms with E-state index < -0.39 is 0 Å². The van der Waals surface area contributed by atoms with Crippen LogP contribution in [0.3, 0.4) is 0 Å². The molecule has 2 rings (SSSR count). The van der Waals surface area contributed by atoms with Crippen LogP contribution in [0.2, 0.25) is 0 Å². The summed E-state index contributed by atoms with van der Waals surface area (Å²) >= 11 is 0. The van der Waals surface area contributed by atoms with Gasteiger partial charge in [0.05, 0.1) is 6.42 Å². The number of carbonyl (C=O) groups excluding carboxylic acids is 1. The lowest BCUT2D eigenvalue weighted by molar-refractivity contribution is -0.121. The van der Waals surface area contributed by atoms with Gasteiger partial charge in [-0.15, -0.1) is 0 Å². The van der Waals surface area contributed by atoms with Gasteiger partial charge >= 0.3 is 0 Å². The van der Waals surface area contributed by atoms with Crippen molar-refractivity contribution in [3.63, 3.8) is 0 Å². The smallest absolute Gasteiger partial charge is 0.224 e. The fourth-order valence-corrected chi connectivity index (χ4v) is 2.26. The topological polar surface area (TPSA) is 55.1 Å². The molecule has 0 heterocycles. The molecule has 3 N–H and O–H groups in total. The van der Waals surface area contributed by atoms with E-state index in [9.17, 15) is 4.79 Å². The summed E-state index contributed by atoms with van der Waals surface area (Å²) in [7, 11) is 0. The van der Waals surface area contributed by atoms with E-state index in [-0.39, 0.29) is 11.3 Å². The van der Waals surface area contributed by atoms with Crippen molar-refractivity contribution in [2.75, 3.05) is 13.1 Å². The first kappa shape index (κ1) is 12.1. The molecule has 0 spiro atoms. The second-order valence-corrected chi connectivity index (χ2v) is 5.00. The number of hydrogen-bond donors (Lipinski definition) is 2. The first-order valence-corrected chi connectivity index (χ1v) is 6.25. The molecule has 3 heteroatoms. The minimum absolute atomic E-state index is 0.0934. The molecule has 92 valence electrons. The maximum atomic E-state index is 11.8. The lowest BCUT2D eigenvalue weighted by Gasteiger charge is -2.41. The van der Waals surface area contributed by atoms with Crippen molar-refractivity contribution >= 4 is 5.91 Å². The zero-order chi connectivity index (χ0) is 12.1. The summed E-state index contributed by atoms with van der Waals surface area (Å²) in [4.78, 5) is 11.8. The Hall–Kier alpha value is -1.35. The van der Waals surface area contributed by atoms with Gasteiger partial charge in [-0.05, 0) is 30.4 Å². The Bertz CT molecular complexity index is 366. The molecule has 0 bridgehead atoms. The zero-order valence-corrected chi connectivity index (χ0v) is 10.1. The van der Waals surface area contributed by atoms with Crippen molar-refractivity contribution in [1.29, 1.82) is 0 Å². The number of rotatable bonds is 5. The summed E-state index contributed by atoms with van der Waals surface area (Å²) in [5.74, 6) is 0.0934. The number of hydrogen-bond acceptors (Lipinski definition) is 2. The van der Waals surface area contributed by atoms with Gasteiger partial charge in [-0.3, -0.25) is 4.79 Å². The highest BCUT2D eigenvalue weighted by Gasteiger charge is 2.35. The molecule has 0 aromatic heterocycles. The summed E-state index contributed by atoms with van der Waals surface area (Å²) in [6.45, 7) is 1.41. The molecule has 3 nitrogen and oxygen atoms in total. The van der Waals surface area contributed by atoms with Crippen molar-refractivity contribution < 1.29 is 4.79 Å². The van der Waals surface area contributed by atoms with Crippen LogP contribution in [-0.4, -0.2) is 19.0 Å². The van der Waals surface area contributed by atoms with Gasteiger partial charge < -0.3 is 11.1 Å². The molecular formula is C14H20N2O. The zero-order valence-electron chi connectivity index (χ0n) is 10.1. The Kier molecular flexibility index (Phi) is 3.79. The van der Waals surface area contributed by atoms with E-state index in [2.05, 4.69) is 5.32 Å². The van der Waals surface area contributed by atoms with Crippen LogP contribution in [0.4, 0.5) is 0 Å². The van der Waals surface area contributed by atoms with Crippen molar-refractivity contribution in [1.82, 2.24) is 5.32 Å². The number of benzene rings is 1. The standard InChI is InChI=1S/C14H20N2O/c15-10-14(7-4-8-14)11-16-13(17)9-12-5-2-1-3-6-12/h1-3,5-6H,4,7-11,15H2,(H,16,17). The highest BCUT2D eigenvalue weighted by atomic mass is 16.1. The monoisotopic (exact) mass is 232 g/mol. The Morgan fingerprint density at radius 3 is 2.53 bits per heavy atom. The SMILES string of the molecule is NCC1(CNC(=O)Cc2ccccc2)CCC1. The summed E-state index contributed by atoms with van der Waals surface area (Å²) in [5, 5.41) is 3.01. The Morgan fingerprint density at radius 2 is 2.00 bits per heavy atom. The summed E-state index contributed by atoms with van der Waals surface area (Å²) in [5.41, 5.74) is 7.00. The number of amides is 1.